The van der Waals surface area contributed by atoms with Crippen LogP contribution in [0.4, 0.5) is 4.79 Å². The molecule has 0 unspecified atom stereocenters. The molecule has 1 saturated heterocycles. The van der Waals surface area contributed by atoms with Gasteiger partial charge in [-0.25, -0.2) is 9.78 Å². The second-order valence-electron chi connectivity index (χ2n) is 7.05. The molecule has 0 atom stereocenters. The first-order valence-electron chi connectivity index (χ1n) is 9.47. The van der Waals surface area contributed by atoms with Crippen LogP contribution in [0.2, 0.25) is 0 Å². The highest BCUT2D eigenvalue weighted by Crippen LogP contribution is 2.32. The molecule has 1 fully saturated rings. The largest absolute Gasteiger partial charge is 0.474 e. The summed E-state index contributed by atoms with van der Waals surface area (Å²) in [5, 5.41) is 2.97. The molecule has 1 aromatic heterocycles. The second-order valence-corrected chi connectivity index (χ2v) is 7.05. The lowest BCUT2D eigenvalue weighted by molar-refractivity contribution is 0.107. The topological polar surface area (TPSA) is 85.8 Å². The van der Waals surface area contributed by atoms with Crippen LogP contribution in [-0.2, 0) is 6.54 Å². The molecule has 0 aliphatic carbocycles. The first-order chi connectivity index (χ1) is 13.6. The highest BCUT2D eigenvalue weighted by molar-refractivity contribution is 5.74. The Bertz CT molecular complexity index is 845. The van der Waals surface area contributed by atoms with Crippen LogP contribution in [0.3, 0.4) is 0 Å². The van der Waals surface area contributed by atoms with Gasteiger partial charge >= 0.3 is 6.03 Å². The number of fused-ring (bicyclic) bond motifs is 1. The summed E-state index contributed by atoms with van der Waals surface area (Å²) >= 11 is 0. The molecule has 3 heterocycles. The van der Waals surface area contributed by atoms with Crippen molar-refractivity contribution in [1.82, 2.24) is 20.2 Å². The van der Waals surface area contributed by atoms with E-state index in [1.54, 1.807) is 0 Å². The van der Waals surface area contributed by atoms with Crippen molar-refractivity contribution in [2.24, 2.45) is 0 Å². The van der Waals surface area contributed by atoms with Crippen molar-refractivity contribution in [3.8, 4) is 17.4 Å². The smallest absolute Gasteiger partial charge is 0.317 e. The molecule has 8 nitrogen and oxygen atoms in total. The van der Waals surface area contributed by atoms with Crippen LogP contribution in [-0.4, -0.2) is 46.9 Å². The average molecular weight is 384 g/mol. The van der Waals surface area contributed by atoms with Gasteiger partial charge in [-0.2, -0.15) is 4.98 Å². The van der Waals surface area contributed by atoms with E-state index in [1.807, 2.05) is 43.0 Å². The number of carbonyl (C=O) groups excluding carboxylic acids is 1. The highest BCUT2D eigenvalue weighted by Gasteiger charge is 2.24. The van der Waals surface area contributed by atoms with E-state index in [1.165, 1.54) is 0 Å². The van der Waals surface area contributed by atoms with Crippen LogP contribution < -0.4 is 19.5 Å². The van der Waals surface area contributed by atoms with Gasteiger partial charge in [-0.3, -0.25) is 0 Å². The Kier molecular flexibility index (Phi) is 5.18. The predicted molar refractivity (Wildman–Crippen MR) is 102 cm³/mol. The molecule has 4 rings (SSSR count). The number of ether oxygens (including phenoxy) is 3. The lowest BCUT2D eigenvalue weighted by Gasteiger charge is -2.32. The molecule has 0 spiro atoms. The number of nitrogens with one attached hydrogen (secondary N) is 1. The van der Waals surface area contributed by atoms with Gasteiger partial charge in [0.2, 0.25) is 12.7 Å². The van der Waals surface area contributed by atoms with Gasteiger partial charge in [0.1, 0.15) is 11.9 Å². The van der Waals surface area contributed by atoms with E-state index >= 15 is 0 Å². The van der Waals surface area contributed by atoms with Crippen molar-refractivity contribution in [3.63, 3.8) is 0 Å². The van der Waals surface area contributed by atoms with Crippen LogP contribution >= 0.6 is 0 Å². The van der Waals surface area contributed by atoms with Crippen LogP contribution in [0, 0.1) is 13.8 Å². The van der Waals surface area contributed by atoms with Crippen molar-refractivity contribution in [1.29, 1.82) is 0 Å². The fourth-order valence-corrected chi connectivity index (χ4v) is 3.43. The molecule has 0 saturated carbocycles. The summed E-state index contributed by atoms with van der Waals surface area (Å²) in [4.78, 5) is 22.9. The molecule has 1 N–H and O–H groups in total. The molecule has 1 aromatic carbocycles. The molecule has 2 amide bonds. The third-order valence-electron chi connectivity index (χ3n) is 4.84. The molecule has 0 bridgehead atoms. The van der Waals surface area contributed by atoms with E-state index in [-0.39, 0.29) is 18.9 Å². The maximum Gasteiger partial charge on any atom is 0.317 e. The quantitative estimate of drug-likeness (QED) is 0.872. The Hall–Kier alpha value is -3.03. The maximum atomic E-state index is 12.5. The Labute approximate surface area is 163 Å². The van der Waals surface area contributed by atoms with Crippen LogP contribution in [0.15, 0.2) is 24.3 Å². The molecule has 2 aromatic rings. The number of piperidine rings is 1. The fraction of sp³-hybridized carbons (Fsp3) is 0.450. The second kappa shape index (κ2) is 7.92. The number of aryl methyl sites for hydroxylation is 2. The lowest BCUT2D eigenvalue weighted by atomic mass is 10.1. The van der Waals surface area contributed by atoms with Crippen molar-refractivity contribution < 1.29 is 19.0 Å². The minimum atomic E-state index is -0.0650. The van der Waals surface area contributed by atoms with Crippen molar-refractivity contribution >= 4 is 6.03 Å². The average Bonchev–Trinajstić information content (AvgIpc) is 3.14. The molecular formula is C20H24N4O4. The number of carbonyl (C=O) groups is 1. The first kappa shape index (κ1) is 18.3. The molecule has 2 aliphatic rings. The molecule has 8 heteroatoms. The number of aromatic nitrogens is 2. The number of benzene rings is 1. The lowest BCUT2D eigenvalue weighted by Crippen LogP contribution is -2.46. The number of amides is 2. The Balaban J connectivity index is 1.24. The van der Waals surface area contributed by atoms with Gasteiger partial charge in [-0.1, -0.05) is 6.07 Å². The van der Waals surface area contributed by atoms with E-state index in [4.69, 9.17) is 14.2 Å². The van der Waals surface area contributed by atoms with E-state index in [0.29, 0.717) is 31.3 Å². The zero-order valence-corrected chi connectivity index (χ0v) is 16.1. The van der Waals surface area contributed by atoms with Gasteiger partial charge in [0.15, 0.2) is 11.5 Å². The van der Waals surface area contributed by atoms with Gasteiger partial charge in [0.05, 0.1) is 0 Å². The summed E-state index contributed by atoms with van der Waals surface area (Å²) in [7, 11) is 0. The van der Waals surface area contributed by atoms with Gasteiger partial charge in [0.25, 0.3) is 0 Å². The maximum absolute atomic E-state index is 12.5. The summed E-state index contributed by atoms with van der Waals surface area (Å²) in [6.07, 6.45) is 1.62. The van der Waals surface area contributed by atoms with Gasteiger partial charge in [-0.05, 0) is 31.5 Å². The third-order valence-corrected chi connectivity index (χ3v) is 4.84. The minimum Gasteiger partial charge on any atom is -0.474 e. The Morgan fingerprint density at radius 1 is 1.18 bits per heavy atom. The normalized spacial score (nSPS) is 16.1. The molecule has 148 valence electrons. The van der Waals surface area contributed by atoms with Crippen LogP contribution in [0.1, 0.15) is 29.9 Å². The molecule has 28 heavy (non-hydrogen) atoms. The van der Waals surface area contributed by atoms with Crippen molar-refractivity contribution in [3.05, 3.63) is 41.3 Å². The number of hydrogen-bond donors (Lipinski definition) is 1. The Morgan fingerprint density at radius 3 is 2.75 bits per heavy atom. The van der Waals surface area contributed by atoms with E-state index in [9.17, 15) is 4.79 Å². The number of likely N-dealkylation sites (tertiary alicyclic amines) is 1. The molecule has 2 aliphatic heterocycles. The standard InChI is InChI=1S/C20H24N4O4/c1-13-9-19(23-14(2)22-13)28-16-5-7-24(8-6-16)20(25)21-11-15-3-4-17-18(10-15)27-12-26-17/h3-4,9-10,16H,5-8,11-12H2,1-2H3,(H,21,25). The number of nitrogens with zero attached hydrogens (tertiary/aromatic N) is 3. The van der Waals surface area contributed by atoms with Gasteiger partial charge in [0, 0.05) is 44.2 Å². The van der Waals surface area contributed by atoms with Crippen LogP contribution in [0.25, 0.3) is 0 Å². The number of urea groups is 1. The summed E-state index contributed by atoms with van der Waals surface area (Å²) in [5.41, 5.74) is 1.87. The summed E-state index contributed by atoms with van der Waals surface area (Å²) in [6.45, 7) is 5.78. The summed E-state index contributed by atoms with van der Waals surface area (Å²) < 4.78 is 16.7. The number of hydrogen-bond acceptors (Lipinski definition) is 6. The minimum absolute atomic E-state index is 0.0617. The van der Waals surface area contributed by atoms with Gasteiger partial charge < -0.3 is 24.4 Å². The molecule has 0 radical (unpaired) electrons. The summed E-state index contributed by atoms with van der Waals surface area (Å²) in [5.74, 6) is 2.78. The first-order valence-corrected chi connectivity index (χ1v) is 9.47. The van der Waals surface area contributed by atoms with Gasteiger partial charge in [-0.15, -0.1) is 0 Å². The van der Waals surface area contributed by atoms with E-state index in [0.717, 1.165) is 35.6 Å². The Morgan fingerprint density at radius 2 is 1.96 bits per heavy atom. The monoisotopic (exact) mass is 384 g/mol. The van der Waals surface area contributed by atoms with E-state index in [2.05, 4.69) is 15.3 Å². The number of rotatable bonds is 4. The fourth-order valence-electron chi connectivity index (χ4n) is 3.43. The zero-order chi connectivity index (χ0) is 19.5. The van der Waals surface area contributed by atoms with Crippen LogP contribution in [0.5, 0.6) is 17.4 Å². The SMILES string of the molecule is Cc1cc(OC2CCN(C(=O)NCc3ccc4c(c3)OCO4)CC2)nc(C)n1. The summed E-state index contributed by atoms with van der Waals surface area (Å²) in [6, 6.07) is 7.47. The zero-order valence-electron chi connectivity index (χ0n) is 16.1. The van der Waals surface area contributed by atoms with Crippen molar-refractivity contribution in [2.75, 3.05) is 19.9 Å². The van der Waals surface area contributed by atoms with Crippen molar-refractivity contribution in [2.45, 2.75) is 39.3 Å². The third kappa shape index (κ3) is 4.27. The highest BCUT2D eigenvalue weighted by atomic mass is 16.7. The van der Waals surface area contributed by atoms with E-state index < -0.39 is 0 Å². The predicted octanol–water partition coefficient (Wildman–Crippen LogP) is 2.58. The molecular weight excluding hydrogens is 360 g/mol.